The predicted molar refractivity (Wildman–Crippen MR) is 157 cm³/mol. The summed E-state index contributed by atoms with van der Waals surface area (Å²) in [6.07, 6.45) is 13.7. The van der Waals surface area contributed by atoms with Gasteiger partial charge in [0.05, 0.1) is 18.6 Å². The van der Waals surface area contributed by atoms with Gasteiger partial charge in [-0.3, -0.25) is 9.69 Å². The van der Waals surface area contributed by atoms with Crippen LogP contribution in [0.4, 0.5) is 0 Å². The molecular formula is C35H42N2O4. The zero-order valence-electron chi connectivity index (χ0n) is 24.4. The van der Waals surface area contributed by atoms with Crippen molar-refractivity contribution in [2.45, 2.75) is 87.0 Å². The Morgan fingerprint density at radius 3 is 2.73 bits per heavy atom. The Kier molecular flexibility index (Phi) is 5.89. The van der Waals surface area contributed by atoms with Crippen LogP contribution in [0.5, 0.6) is 11.5 Å². The molecule has 2 spiro atoms. The molecule has 1 N–H and O–H groups in total. The fourth-order valence-corrected chi connectivity index (χ4v) is 9.62. The Balaban J connectivity index is 1.12. The van der Waals surface area contributed by atoms with Crippen molar-refractivity contribution in [3.63, 3.8) is 0 Å². The highest BCUT2D eigenvalue weighted by Gasteiger charge is 2.79. The van der Waals surface area contributed by atoms with Gasteiger partial charge in [-0.05, 0) is 81.0 Å². The van der Waals surface area contributed by atoms with Gasteiger partial charge in [0.2, 0.25) is 5.91 Å². The number of carbonyl (C=O) groups is 1. The Morgan fingerprint density at radius 1 is 1.10 bits per heavy atom. The largest absolute Gasteiger partial charge is 0.493 e. The molecule has 6 nitrogen and oxygen atoms in total. The molecule has 2 aliphatic heterocycles. The maximum absolute atomic E-state index is 13.5. The molecule has 1 saturated heterocycles. The van der Waals surface area contributed by atoms with E-state index < -0.39 is 5.60 Å². The highest BCUT2D eigenvalue weighted by Crippen LogP contribution is 2.73. The van der Waals surface area contributed by atoms with Gasteiger partial charge in [0.15, 0.2) is 11.5 Å². The third kappa shape index (κ3) is 3.53. The first-order valence-corrected chi connectivity index (χ1v) is 15.7. The molecule has 5 aliphatic carbocycles. The minimum Gasteiger partial charge on any atom is -0.493 e. The van der Waals surface area contributed by atoms with Crippen LogP contribution < -0.4 is 14.8 Å². The Labute approximate surface area is 243 Å². The SMILES string of the molecule is COc1ccc2c3c1OC1C4(OC)C=C[C@@]5(CC4NC(=O)CCCCc4ccccc4)[C@H](C2)N(CC2CC2)CC[C@]315. The standard InChI is InChI=1S/C35H42N2O4/c1-39-26-15-14-25-20-28-33-16-17-35(40-2,27(21-33)36-29(38)11-7-6-10-23-8-4-3-5-9-23)32-34(33,30(25)31(26)41-32)18-19-37(28)22-24-12-13-24/h3-5,8-9,14-17,24,27-28,32H,6-7,10-13,18-22H2,1-2H3,(H,36,38)/t27?,28-,32?,33+,34-,35?/m0/s1. The zero-order valence-corrected chi connectivity index (χ0v) is 24.4. The molecule has 0 aromatic heterocycles. The van der Waals surface area contributed by atoms with Crippen LogP contribution in [0.15, 0.2) is 54.6 Å². The molecular weight excluding hydrogens is 512 g/mol. The Morgan fingerprint density at radius 2 is 1.95 bits per heavy atom. The normalized spacial score (nSPS) is 35.6. The maximum atomic E-state index is 13.5. The van der Waals surface area contributed by atoms with Gasteiger partial charge >= 0.3 is 0 Å². The number of hydrogen-bond acceptors (Lipinski definition) is 5. The quantitative estimate of drug-likeness (QED) is 0.332. The molecule has 41 heavy (non-hydrogen) atoms. The Bertz CT molecular complexity index is 1390. The van der Waals surface area contributed by atoms with Crippen molar-refractivity contribution in [2.24, 2.45) is 11.3 Å². The highest BCUT2D eigenvalue weighted by molar-refractivity contribution is 5.77. The minimum absolute atomic E-state index is 0.110. The molecule has 6 heteroatoms. The lowest BCUT2D eigenvalue weighted by Gasteiger charge is -2.71. The van der Waals surface area contributed by atoms with Crippen LogP contribution in [0.2, 0.25) is 0 Å². The van der Waals surface area contributed by atoms with Crippen LogP contribution >= 0.6 is 0 Å². The van der Waals surface area contributed by atoms with Gasteiger partial charge in [0.1, 0.15) is 11.7 Å². The van der Waals surface area contributed by atoms with Gasteiger partial charge in [0, 0.05) is 37.1 Å². The number of carbonyl (C=O) groups excluding carboxylic acids is 1. The van der Waals surface area contributed by atoms with Crippen molar-refractivity contribution in [3.8, 4) is 11.5 Å². The number of hydrogen-bond donors (Lipinski definition) is 1. The molecule has 2 aromatic rings. The fourth-order valence-electron chi connectivity index (χ4n) is 9.62. The van der Waals surface area contributed by atoms with Crippen molar-refractivity contribution in [1.29, 1.82) is 0 Å². The van der Waals surface area contributed by atoms with Crippen LogP contribution in [0, 0.1) is 11.3 Å². The van der Waals surface area contributed by atoms with Crippen LogP contribution in [0.3, 0.4) is 0 Å². The summed E-state index contributed by atoms with van der Waals surface area (Å²) in [6, 6.07) is 15.2. The van der Waals surface area contributed by atoms with Gasteiger partial charge in [-0.15, -0.1) is 0 Å². The van der Waals surface area contributed by atoms with E-state index in [1.165, 1.54) is 36.1 Å². The first-order chi connectivity index (χ1) is 20.0. The summed E-state index contributed by atoms with van der Waals surface area (Å²) in [7, 11) is 3.53. The lowest BCUT2D eigenvalue weighted by atomic mass is 9.38. The number of aryl methyl sites for hydroxylation is 1. The number of nitrogens with one attached hydrogen (secondary N) is 1. The molecule has 4 bridgehead atoms. The number of rotatable bonds is 10. The van der Waals surface area contributed by atoms with E-state index in [-0.39, 0.29) is 28.9 Å². The van der Waals surface area contributed by atoms with Crippen LogP contribution in [-0.4, -0.2) is 61.9 Å². The number of unbranched alkanes of at least 4 members (excludes halogenated alkanes) is 1. The van der Waals surface area contributed by atoms with Gasteiger partial charge in [0.25, 0.3) is 0 Å². The summed E-state index contributed by atoms with van der Waals surface area (Å²) < 4.78 is 19.4. The van der Waals surface area contributed by atoms with Gasteiger partial charge < -0.3 is 19.5 Å². The minimum atomic E-state index is -0.719. The average molecular weight is 555 g/mol. The number of likely N-dealkylation sites (tertiary alicyclic amines) is 1. The van der Waals surface area contributed by atoms with Crippen LogP contribution in [0.25, 0.3) is 0 Å². The van der Waals surface area contributed by atoms with Crippen LogP contribution in [0.1, 0.15) is 61.6 Å². The average Bonchev–Trinajstić information content (AvgIpc) is 3.74. The monoisotopic (exact) mass is 554 g/mol. The van der Waals surface area contributed by atoms with Crippen molar-refractivity contribution >= 4 is 5.91 Å². The number of fused-ring (bicyclic) bond motifs is 1. The molecule has 6 atom stereocenters. The van der Waals surface area contributed by atoms with E-state index in [9.17, 15) is 4.79 Å². The predicted octanol–water partition coefficient (Wildman–Crippen LogP) is 4.98. The summed E-state index contributed by atoms with van der Waals surface area (Å²) in [6.45, 7) is 2.28. The summed E-state index contributed by atoms with van der Waals surface area (Å²) in [5.74, 6) is 2.68. The molecule has 3 fully saturated rings. The number of piperidine rings is 1. The fraction of sp³-hybridized carbons (Fsp3) is 0.571. The van der Waals surface area contributed by atoms with Gasteiger partial charge in [-0.2, -0.15) is 0 Å². The topological polar surface area (TPSA) is 60.0 Å². The molecule has 2 saturated carbocycles. The lowest BCUT2D eigenvalue weighted by molar-refractivity contribution is -0.203. The molecule has 7 aliphatic rings. The molecule has 3 unspecified atom stereocenters. The van der Waals surface area contributed by atoms with E-state index in [2.05, 4.69) is 58.8 Å². The summed E-state index contributed by atoms with van der Waals surface area (Å²) in [4.78, 5) is 16.3. The number of amides is 1. The third-order valence-electron chi connectivity index (χ3n) is 11.6. The highest BCUT2D eigenvalue weighted by atomic mass is 16.6. The first-order valence-electron chi connectivity index (χ1n) is 15.7. The molecule has 2 aromatic carbocycles. The molecule has 9 rings (SSSR count). The maximum Gasteiger partial charge on any atom is 0.220 e. The number of nitrogens with zero attached hydrogens (tertiary/aromatic N) is 1. The summed E-state index contributed by atoms with van der Waals surface area (Å²) in [5.41, 5.74) is 3.10. The van der Waals surface area contributed by atoms with E-state index >= 15 is 0 Å². The number of ether oxygens (including phenoxy) is 3. The molecule has 216 valence electrons. The second kappa shape index (κ2) is 9.34. The second-order valence-corrected chi connectivity index (χ2v) is 13.5. The van der Waals surface area contributed by atoms with Gasteiger partial charge in [-0.1, -0.05) is 48.6 Å². The van der Waals surface area contributed by atoms with E-state index in [0.717, 1.165) is 62.5 Å². The van der Waals surface area contributed by atoms with Crippen molar-refractivity contribution in [2.75, 3.05) is 27.3 Å². The molecule has 0 radical (unpaired) electrons. The zero-order chi connectivity index (χ0) is 27.8. The third-order valence-corrected chi connectivity index (χ3v) is 11.6. The second-order valence-electron chi connectivity index (χ2n) is 13.5. The van der Waals surface area contributed by atoms with Crippen molar-refractivity contribution in [1.82, 2.24) is 10.2 Å². The number of benzene rings is 2. The Hall–Kier alpha value is -2.83. The van der Waals surface area contributed by atoms with Gasteiger partial charge in [-0.25, -0.2) is 0 Å². The molecule has 1 amide bonds. The first kappa shape index (κ1) is 25.8. The van der Waals surface area contributed by atoms with E-state index in [1.54, 1.807) is 14.2 Å². The smallest absolute Gasteiger partial charge is 0.220 e. The van der Waals surface area contributed by atoms with E-state index in [4.69, 9.17) is 14.2 Å². The van der Waals surface area contributed by atoms with E-state index in [1.807, 2.05) is 6.07 Å². The molecule has 2 heterocycles. The van der Waals surface area contributed by atoms with Crippen molar-refractivity contribution in [3.05, 3.63) is 71.3 Å². The van der Waals surface area contributed by atoms with Crippen molar-refractivity contribution < 1.29 is 19.0 Å². The lowest BCUT2D eigenvalue weighted by Crippen LogP contribution is -2.82. The van der Waals surface area contributed by atoms with E-state index in [0.29, 0.717) is 12.5 Å². The number of methoxy groups -OCH3 is 2. The van der Waals surface area contributed by atoms with Crippen LogP contribution in [-0.2, 0) is 27.8 Å². The summed E-state index contributed by atoms with van der Waals surface area (Å²) >= 11 is 0. The summed E-state index contributed by atoms with van der Waals surface area (Å²) in [5, 5.41) is 3.50.